The van der Waals surface area contributed by atoms with E-state index in [0.29, 0.717) is 60.5 Å². The monoisotopic (exact) mass is 653 g/mol. The van der Waals surface area contributed by atoms with Crippen LogP contribution in [0.2, 0.25) is 0 Å². The van der Waals surface area contributed by atoms with Crippen molar-refractivity contribution in [2.24, 2.45) is 5.41 Å². The van der Waals surface area contributed by atoms with Crippen molar-refractivity contribution >= 4 is 27.5 Å². The molecule has 0 radical (unpaired) electrons. The number of hydrogen-bond acceptors (Lipinski definition) is 9. The van der Waals surface area contributed by atoms with Crippen molar-refractivity contribution in [1.82, 2.24) is 20.2 Å². The largest absolute Gasteiger partial charge is 0.508 e. The summed E-state index contributed by atoms with van der Waals surface area (Å²) in [5, 5.41) is 15.7. The van der Waals surface area contributed by atoms with Crippen LogP contribution in [0.15, 0.2) is 36.4 Å². The summed E-state index contributed by atoms with van der Waals surface area (Å²) in [4.78, 5) is 14.3. The third kappa shape index (κ3) is 5.13. The van der Waals surface area contributed by atoms with Crippen LogP contribution in [0.25, 0.3) is 32.8 Å². The molecule has 3 aromatic carbocycles. The Kier molecular flexibility index (Phi) is 7.03. The molecule has 1 saturated carbocycles. The van der Waals surface area contributed by atoms with E-state index in [0.717, 1.165) is 58.4 Å². The predicted octanol–water partition coefficient (Wildman–Crippen LogP) is 4.62. The smallest absolute Gasteiger partial charge is 0.319 e. The zero-order valence-corrected chi connectivity index (χ0v) is 26.6. The Morgan fingerprint density at radius 3 is 2.60 bits per heavy atom. The van der Waals surface area contributed by atoms with E-state index in [2.05, 4.69) is 26.0 Å². The minimum Gasteiger partial charge on any atom is -0.508 e. The molecule has 9 nitrogen and oxygen atoms in total. The Hall–Kier alpha value is -4.08. The van der Waals surface area contributed by atoms with Gasteiger partial charge < -0.3 is 29.5 Å². The normalized spacial score (nSPS) is 24.1. The molecule has 5 aliphatic rings. The molecule has 1 spiro atoms. The lowest BCUT2D eigenvalue weighted by Gasteiger charge is -2.48. The van der Waals surface area contributed by atoms with E-state index < -0.39 is 11.6 Å². The number of phenols is 1. The number of hydrogen-bond donors (Lipinski definition) is 2. The Morgan fingerprint density at radius 2 is 1.88 bits per heavy atom. The van der Waals surface area contributed by atoms with Gasteiger partial charge in [-0.25, -0.2) is 8.78 Å². The number of fused-ring (bicyclic) bond motifs is 4. The number of benzene rings is 3. The van der Waals surface area contributed by atoms with Gasteiger partial charge in [-0.3, -0.25) is 4.90 Å². The van der Waals surface area contributed by atoms with Crippen LogP contribution in [-0.2, 0) is 9.47 Å². The van der Waals surface area contributed by atoms with E-state index in [1.165, 1.54) is 24.3 Å². The average Bonchev–Trinajstić information content (AvgIpc) is 3.76. The fraction of sp³-hybridized carbons (Fsp3) is 0.459. The van der Waals surface area contributed by atoms with Crippen molar-refractivity contribution < 1.29 is 28.1 Å². The van der Waals surface area contributed by atoms with Crippen molar-refractivity contribution in [1.29, 1.82) is 0 Å². The van der Waals surface area contributed by atoms with Gasteiger partial charge in [-0.2, -0.15) is 9.97 Å². The van der Waals surface area contributed by atoms with Gasteiger partial charge in [0.25, 0.3) is 0 Å². The number of morpholine rings is 1. The quantitative estimate of drug-likeness (QED) is 0.278. The standard InChI is InChI=1S/C37H37F2N5O4/c1-2-26-30(38)8-3-22-13-25(45)14-29(31(22)26)27-6-7-28-33(32(27)39)41-35(42-34(28)44-15-23-4-5-24(16-44)40-23)47-19-36(9-10-36)17-43-11-12-48-37(18-43)20-46-21-37/h1,3,6-8,13-14,23-24,40,45H,4-5,9-12,15-21H2. The molecule has 0 amide bonds. The lowest BCUT2D eigenvalue weighted by molar-refractivity contribution is -0.238. The maximum absolute atomic E-state index is 16.9. The summed E-state index contributed by atoms with van der Waals surface area (Å²) in [6, 6.07) is 9.96. The van der Waals surface area contributed by atoms with Gasteiger partial charge in [-0.1, -0.05) is 18.1 Å². The number of phenolic OH excluding ortho intramolecular Hbond substituents is 1. The fourth-order valence-corrected chi connectivity index (χ4v) is 8.17. The van der Waals surface area contributed by atoms with Crippen molar-refractivity contribution in [3.8, 4) is 35.2 Å². The van der Waals surface area contributed by atoms with Gasteiger partial charge in [0.05, 0.1) is 32.0 Å². The number of nitrogens with zero attached hydrogens (tertiary/aromatic N) is 4. The Morgan fingerprint density at radius 1 is 1.06 bits per heavy atom. The summed E-state index contributed by atoms with van der Waals surface area (Å²) < 4.78 is 49.7. The number of terminal acetylenes is 1. The lowest BCUT2D eigenvalue weighted by atomic mass is 9.93. The number of halogens is 2. The summed E-state index contributed by atoms with van der Waals surface area (Å²) in [7, 11) is 0. The Bertz CT molecular complexity index is 1980. The van der Waals surface area contributed by atoms with Crippen molar-refractivity contribution in [2.45, 2.75) is 43.4 Å². The van der Waals surface area contributed by atoms with Crippen LogP contribution in [0.5, 0.6) is 11.8 Å². The second kappa shape index (κ2) is 11.2. The minimum atomic E-state index is -0.610. The van der Waals surface area contributed by atoms with Gasteiger partial charge in [-0.15, -0.1) is 6.42 Å². The van der Waals surface area contributed by atoms with Crippen LogP contribution in [0, 0.1) is 29.4 Å². The highest BCUT2D eigenvalue weighted by molar-refractivity contribution is 6.04. The average molecular weight is 654 g/mol. The zero-order chi connectivity index (χ0) is 32.6. The molecule has 1 aliphatic carbocycles. The van der Waals surface area contributed by atoms with E-state index >= 15 is 4.39 Å². The van der Waals surface area contributed by atoms with Crippen molar-refractivity contribution in [3.63, 3.8) is 0 Å². The molecule has 5 fully saturated rings. The summed E-state index contributed by atoms with van der Waals surface area (Å²) in [6.07, 6.45) is 9.97. The number of nitrogens with one attached hydrogen (secondary N) is 1. The van der Waals surface area contributed by atoms with Gasteiger partial charge in [-0.05, 0) is 60.9 Å². The molecule has 2 atom stereocenters. The van der Waals surface area contributed by atoms with Gasteiger partial charge in [0.1, 0.15) is 28.5 Å². The number of piperazine rings is 1. The number of aromatic hydroxyl groups is 1. The first-order valence-corrected chi connectivity index (χ1v) is 16.8. The van der Waals surface area contributed by atoms with Crippen LogP contribution in [0.1, 0.15) is 31.2 Å². The fourth-order valence-electron chi connectivity index (χ4n) is 8.17. The summed E-state index contributed by atoms with van der Waals surface area (Å²) in [5.41, 5.74) is 0.358. The lowest BCUT2D eigenvalue weighted by Crippen LogP contribution is -2.63. The van der Waals surface area contributed by atoms with Crippen LogP contribution in [0.4, 0.5) is 14.6 Å². The summed E-state index contributed by atoms with van der Waals surface area (Å²) in [6.45, 7) is 6.49. The summed E-state index contributed by atoms with van der Waals surface area (Å²) >= 11 is 0. The number of anilines is 1. The third-order valence-corrected chi connectivity index (χ3v) is 10.8. The van der Waals surface area contributed by atoms with Crippen LogP contribution in [0.3, 0.4) is 0 Å². The maximum Gasteiger partial charge on any atom is 0.319 e. The van der Waals surface area contributed by atoms with E-state index in [1.807, 2.05) is 6.07 Å². The van der Waals surface area contributed by atoms with E-state index in [-0.39, 0.29) is 45.0 Å². The molecular formula is C37H37F2N5O4. The molecule has 4 aliphatic heterocycles. The molecule has 9 rings (SSSR count). The van der Waals surface area contributed by atoms with Gasteiger partial charge in [0.2, 0.25) is 0 Å². The molecule has 5 heterocycles. The van der Waals surface area contributed by atoms with Crippen LogP contribution >= 0.6 is 0 Å². The molecule has 4 aromatic rings. The van der Waals surface area contributed by atoms with E-state index in [1.54, 1.807) is 6.07 Å². The van der Waals surface area contributed by atoms with Crippen LogP contribution in [-0.4, -0.2) is 96.8 Å². The molecule has 11 heteroatoms. The topological polar surface area (TPSA) is 92.2 Å². The van der Waals surface area contributed by atoms with Crippen molar-refractivity contribution in [2.75, 3.05) is 64.1 Å². The molecule has 248 valence electrons. The van der Waals surface area contributed by atoms with Crippen molar-refractivity contribution in [3.05, 3.63) is 53.6 Å². The zero-order valence-electron chi connectivity index (χ0n) is 26.6. The summed E-state index contributed by atoms with van der Waals surface area (Å²) in [5.74, 6) is 1.78. The Labute approximate surface area is 277 Å². The molecule has 2 unspecified atom stereocenters. The minimum absolute atomic E-state index is 0.0106. The van der Waals surface area contributed by atoms with Gasteiger partial charge in [0.15, 0.2) is 5.82 Å². The maximum atomic E-state index is 16.9. The van der Waals surface area contributed by atoms with Gasteiger partial charge >= 0.3 is 6.01 Å². The number of aromatic nitrogens is 2. The van der Waals surface area contributed by atoms with E-state index in [4.69, 9.17) is 25.6 Å². The molecule has 2 N–H and O–H groups in total. The molecule has 4 saturated heterocycles. The highest BCUT2D eigenvalue weighted by Crippen LogP contribution is 2.47. The molecule has 48 heavy (non-hydrogen) atoms. The highest BCUT2D eigenvalue weighted by atomic mass is 19.1. The Balaban J connectivity index is 1.10. The first-order valence-electron chi connectivity index (χ1n) is 16.8. The van der Waals surface area contributed by atoms with Gasteiger partial charge in [0, 0.05) is 66.6 Å². The second-order valence-corrected chi connectivity index (χ2v) is 14.4. The second-order valence-electron chi connectivity index (χ2n) is 14.4. The molecule has 1 aromatic heterocycles. The predicted molar refractivity (Wildman–Crippen MR) is 177 cm³/mol. The highest BCUT2D eigenvalue weighted by Gasteiger charge is 2.49. The third-order valence-electron chi connectivity index (χ3n) is 10.8. The number of ether oxygens (including phenoxy) is 3. The molecule has 2 bridgehead atoms. The first kappa shape index (κ1) is 30.0. The van der Waals surface area contributed by atoms with E-state index in [9.17, 15) is 9.50 Å². The SMILES string of the molecule is C#Cc1c(F)ccc2cc(O)cc(-c3ccc4c(N5CC6CCC(C5)N6)nc(OCC5(CN6CCOC7(COC7)C6)CC5)nc4c3F)c12. The molecular weight excluding hydrogens is 616 g/mol. The van der Waals surface area contributed by atoms with Crippen LogP contribution < -0.4 is 15.0 Å². The number of rotatable bonds is 7. The first-order chi connectivity index (χ1) is 23.3.